The van der Waals surface area contributed by atoms with Crippen LogP contribution in [0.15, 0.2) is 77.7 Å². The zero-order valence-corrected chi connectivity index (χ0v) is 19.8. The molecule has 1 amide bonds. The SMILES string of the molecule is O=C(CN(c1cccc(Cl)c1)S(=O)(=O)c1ccc(Cl)cc1)NCCOc1ccc(Cl)cc1. The predicted octanol–water partition coefficient (Wildman–Crippen LogP) is 5.04. The third kappa shape index (κ3) is 6.53. The first kappa shape index (κ1) is 24.2. The maximum atomic E-state index is 13.3. The molecule has 0 heterocycles. The number of sulfonamides is 1. The molecule has 3 aromatic rings. The number of hydrogen-bond acceptors (Lipinski definition) is 4. The van der Waals surface area contributed by atoms with Gasteiger partial charge in [-0.1, -0.05) is 40.9 Å². The molecule has 3 rings (SSSR count). The predicted molar refractivity (Wildman–Crippen MR) is 127 cm³/mol. The highest BCUT2D eigenvalue weighted by atomic mass is 35.5. The number of anilines is 1. The van der Waals surface area contributed by atoms with Crippen molar-refractivity contribution in [2.75, 3.05) is 24.0 Å². The second kappa shape index (κ2) is 10.9. The molecule has 3 aromatic carbocycles. The molecule has 0 radical (unpaired) electrons. The van der Waals surface area contributed by atoms with Crippen LogP contribution in [0.5, 0.6) is 5.75 Å². The fourth-order valence-electron chi connectivity index (χ4n) is 2.76. The Kier molecular flexibility index (Phi) is 8.26. The van der Waals surface area contributed by atoms with E-state index in [-0.39, 0.29) is 23.7 Å². The zero-order chi connectivity index (χ0) is 23.1. The van der Waals surface area contributed by atoms with Gasteiger partial charge < -0.3 is 10.1 Å². The quantitative estimate of drug-likeness (QED) is 0.407. The minimum atomic E-state index is -4.05. The number of carbonyl (C=O) groups excluding carboxylic acids is 1. The van der Waals surface area contributed by atoms with Crippen LogP contribution in [0.3, 0.4) is 0 Å². The molecule has 0 aliphatic carbocycles. The number of halogens is 3. The molecule has 0 aliphatic heterocycles. The number of ether oxygens (including phenoxy) is 1. The first-order valence-corrected chi connectivity index (χ1v) is 12.0. The van der Waals surface area contributed by atoms with E-state index >= 15 is 0 Å². The Morgan fingerprint density at radius 2 is 1.50 bits per heavy atom. The van der Waals surface area contributed by atoms with Crippen molar-refractivity contribution in [1.29, 1.82) is 0 Å². The molecule has 6 nitrogen and oxygen atoms in total. The summed E-state index contributed by atoms with van der Waals surface area (Å²) >= 11 is 17.8. The summed E-state index contributed by atoms with van der Waals surface area (Å²) in [5.74, 6) is 0.108. The monoisotopic (exact) mass is 512 g/mol. The van der Waals surface area contributed by atoms with Gasteiger partial charge in [0.05, 0.1) is 17.1 Å². The molecule has 0 saturated carbocycles. The molecule has 1 N–H and O–H groups in total. The Morgan fingerprint density at radius 1 is 0.875 bits per heavy atom. The number of nitrogens with one attached hydrogen (secondary N) is 1. The van der Waals surface area contributed by atoms with Crippen molar-refractivity contribution in [2.24, 2.45) is 0 Å². The Balaban J connectivity index is 1.70. The van der Waals surface area contributed by atoms with E-state index in [1.165, 1.54) is 30.3 Å². The van der Waals surface area contributed by atoms with Gasteiger partial charge in [-0.25, -0.2) is 8.42 Å². The van der Waals surface area contributed by atoms with E-state index in [9.17, 15) is 13.2 Å². The summed E-state index contributed by atoms with van der Waals surface area (Å²) in [4.78, 5) is 12.6. The Hall–Kier alpha value is -2.45. The van der Waals surface area contributed by atoms with Gasteiger partial charge in [0.1, 0.15) is 18.9 Å². The van der Waals surface area contributed by atoms with Gasteiger partial charge in [-0.3, -0.25) is 9.10 Å². The van der Waals surface area contributed by atoms with Crippen LogP contribution in [0.2, 0.25) is 15.1 Å². The Bertz CT molecular complexity index is 1170. The lowest BCUT2D eigenvalue weighted by Gasteiger charge is -2.24. The van der Waals surface area contributed by atoms with E-state index in [0.717, 1.165) is 4.31 Å². The maximum Gasteiger partial charge on any atom is 0.264 e. The van der Waals surface area contributed by atoms with Crippen molar-refractivity contribution < 1.29 is 17.9 Å². The summed E-state index contributed by atoms with van der Waals surface area (Å²) < 4.78 is 33.0. The summed E-state index contributed by atoms with van der Waals surface area (Å²) in [5, 5.41) is 4.00. The van der Waals surface area contributed by atoms with Crippen molar-refractivity contribution in [1.82, 2.24) is 5.32 Å². The van der Waals surface area contributed by atoms with Crippen LogP contribution >= 0.6 is 34.8 Å². The molecule has 0 aromatic heterocycles. The topological polar surface area (TPSA) is 75.7 Å². The smallest absolute Gasteiger partial charge is 0.264 e. The van der Waals surface area contributed by atoms with Crippen molar-refractivity contribution in [3.63, 3.8) is 0 Å². The van der Waals surface area contributed by atoms with Gasteiger partial charge in [0.25, 0.3) is 10.0 Å². The molecule has 0 fully saturated rings. The van der Waals surface area contributed by atoms with Crippen LogP contribution in [-0.4, -0.2) is 34.0 Å². The minimum absolute atomic E-state index is 0.000692. The lowest BCUT2D eigenvalue weighted by molar-refractivity contribution is -0.119. The fourth-order valence-corrected chi connectivity index (χ4v) is 4.61. The van der Waals surface area contributed by atoms with E-state index < -0.39 is 22.5 Å². The van der Waals surface area contributed by atoms with E-state index in [1.807, 2.05) is 0 Å². The molecule has 10 heteroatoms. The molecule has 32 heavy (non-hydrogen) atoms. The molecule has 0 bridgehead atoms. The summed E-state index contributed by atoms with van der Waals surface area (Å²) in [6.07, 6.45) is 0. The van der Waals surface area contributed by atoms with E-state index in [2.05, 4.69) is 5.32 Å². The van der Waals surface area contributed by atoms with E-state index in [4.69, 9.17) is 39.5 Å². The molecular formula is C22H19Cl3N2O4S. The molecule has 0 aliphatic rings. The molecule has 168 valence electrons. The molecule has 0 spiro atoms. The second-order valence-electron chi connectivity index (χ2n) is 6.60. The lowest BCUT2D eigenvalue weighted by Crippen LogP contribution is -2.41. The van der Waals surface area contributed by atoms with Crippen LogP contribution in [0.25, 0.3) is 0 Å². The van der Waals surface area contributed by atoms with Gasteiger partial charge in [-0.05, 0) is 66.7 Å². The number of rotatable bonds is 9. The maximum absolute atomic E-state index is 13.3. The Labute approximate surface area is 201 Å². The highest BCUT2D eigenvalue weighted by molar-refractivity contribution is 7.92. The standard InChI is InChI=1S/C22H19Cl3N2O4S/c23-16-4-8-20(9-5-16)31-13-12-26-22(28)15-27(19-3-1-2-18(25)14-19)32(29,30)21-10-6-17(24)7-11-21/h1-11,14H,12-13,15H2,(H,26,28). The first-order chi connectivity index (χ1) is 15.3. The second-order valence-corrected chi connectivity index (χ2v) is 9.77. The van der Waals surface area contributed by atoms with Crippen LogP contribution in [0.4, 0.5) is 5.69 Å². The molecule has 0 saturated heterocycles. The fraction of sp³-hybridized carbons (Fsp3) is 0.136. The third-order valence-electron chi connectivity index (χ3n) is 4.29. The minimum Gasteiger partial charge on any atom is -0.492 e. The van der Waals surface area contributed by atoms with Crippen LogP contribution < -0.4 is 14.4 Å². The average Bonchev–Trinajstić information content (AvgIpc) is 2.76. The molecule has 0 atom stereocenters. The van der Waals surface area contributed by atoms with Crippen molar-refractivity contribution >= 4 is 56.4 Å². The summed E-state index contributed by atoms with van der Waals surface area (Å²) in [5.41, 5.74) is 0.264. The summed E-state index contributed by atoms with van der Waals surface area (Å²) in [7, 11) is -4.05. The van der Waals surface area contributed by atoms with Crippen LogP contribution in [-0.2, 0) is 14.8 Å². The Morgan fingerprint density at radius 3 is 2.12 bits per heavy atom. The average molecular weight is 514 g/mol. The number of carbonyl (C=O) groups is 1. The van der Waals surface area contributed by atoms with Gasteiger partial charge in [-0.15, -0.1) is 0 Å². The van der Waals surface area contributed by atoms with E-state index in [0.29, 0.717) is 20.8 Å². The zero-order valence-electron chi connectivity index (χ0n) is 16.7. The van der Waals surface area contributed by atoms with Crippen molar-refractivity contribution in [2.45, 2.75) is 4.90 Å². The van der Waals surface area contributed by atoms with Crippen molar-refractivity contribution in [3.05, 3.63) is 87.9 Å². The molecule has 0 unspecified atom stereocenters. The third-order valence-corrected chi connectivity index (χ3v) is 6.82. The lowest BCUT2D eigenvalue weighted by atomic mass is 10.3. The van der Waals surface area contributed by atoms with Crippen LogP contribution in [0, 0.1) is 0 Å². The first-order valence-electron chi connectivity index (χ1n) is 9.44. The van der Waals surface area contributed by atoms with E-state index in [1.54, 1.807) is 42.5 Å². The van der Waals surface area contributed by atoms with Crippen LogP contribution in [0.1, 0.15) is 0 Å². The summed E-state index contributed by atoms with van der Waals surface area (Å²) in [6, 6.07) is 18.8. The largest absolute Gasteiger partial charge is 0.492 e. The normalized spacial score (nSPS) is 11.1. The van der Waals surface area contributed by atoms with Gasteiger partial charge >= 0.3 is 0 Å². The summed E-state index contributed by atoms with van der Waals surface area (Å²) in [6.45, 7) is -0.0491. The van der Waals surface area contributed by atoms with Gasteiger partial charge in [0.2, 0.25) is 5.91 Å². The number of hydrogen-bond donors (Lipinski definition) is 1. The van der Waals surface area contributed by atoms with Crippen molar-refractivity contribution in [3.8, 4) is 5.75 Å². The van der Waals surface area contributed by atoms with Gasteiger partial charge in [0.15, 0.2) is 0 Å². The number of nitrogens with zero attached hydrogens (tertiary/aromatic N) is 1. The van der Waals surface area contributed by atoms with Gasteiger partial charge in [0, 0.05) is 15.1 Å². The van der Waals surface area contributed by atoms with Gasteiger partial charge in [-0.2, -0.15) is 0 Å². The number of benzene rings is 3. The highest BCUT2D eigenvalue weighted by Crippen LogP contribution is 2.26. The highest BCUT2D eigenvalue weighted by Gasteiger charge is 2.27. The molecular weight excluding hydrogens is 495 g/mol. The number of amides is 1.